The average molecular weight is 387 g/mol. The van der Waals surface area contributed by atoms with Crippen molar-refractivity contribution in [2.75, 3.05) is 10.6 Å². The molecule has 0 radical (unpaired) electrons. The molecule has 1 aromatic heterocycles. The van der Waals surface area contributed by atoms with E-state index in [9.17, 15) is 14.0 Å². The second-order valence-corrected chi connectivity index (χ2v) is 6.25. The monoisotopic (exact) mass is 386 g/mol. The Hall–Kier alpha value is -3.19. The van der Waals surface area contributed by atoms with Gasteiger partial charge < -0.3 is 10.6 Å². The first-order valence-corrected chi connectivity index (χ1v) is 8.48. The summed E-state index contributed by atoms with van der Waals surface area (Å²) in [4.78, 5) is 24.6. The van der Waals surface area contributed by atoms with Crippen molar-refractivity contribution in [3.63, 3.8) is 0 Å². The Morgan fingerprint density at radius 2 is 1.85 bits per heavy atom. The van der Waals surface area contributed by atoms with Crippen LogP contribution in [0.4, 0.5) is 15.8 Å². The van der Waals surface area contributed by atoms with Crippen LogP contribution in [0.25, 0.3) is 0 Å². The van der Waals surface area contributed by atoms with Gasteiger partial charge in [0.2, 0.25) is 5.91 Å². The molecular weight excluding hydrogens is 371 g/mol. The number of anilines is 2. The van der Waals surface area contributed by atoms with E-state index in [2.05, 4.69) is 15.7 Å². The van der Waals surface area contributed by atoms with Gasteiger partial charge in [0, 0.05) is 28.8 Å². The van der Waals surface area contributed by atoms with Crippen LogP contribution in [-0.4, -0.2) is 21.6 Å². The molecule has 6 nitrogen and oxygen atoms in total. The first-order chi connectivity index (χ1) is 12.9. The minimum atomic E-state index is -0.672. The van der Waals surface area contributed by atoms with Gasteiger partial charge in [0.1, 0.15) is 11.9 Å². The second kappa shape index (κ2) is 8.01. The number of hydrogen-bond donors (Lipinski definition) is 2. The summed E-state index contributed by atoms with van der Waals surface area (Å²) < 4.78 is 15.3. The van der Waals surface area contributed by atoms with Crippen LogP contribution in [-0.2, 0) is 4.79 Å². The quantitative estimate of drug-likeness (QED) is 0.692. The fraction of sp³-hybridized carbons (Fsp3) is 0.105. The fourth-order valence-corrected chi connectivity index (χ4v) is 2.59. The highest BCUT2D eigenvalue weighted by Gasteiger charge is 2.16. The lowest BCUT2D eigenvalue weighted by Crippen LogP contribution is -2.24. The summed E-state index contributed by atoms with van der Waals surface area (Å²) in [6.45, 7) is 1.72. The number of carbonyl (C=O) groups is 2. The molecule has 2 aromatic carbocycles. The van der Waals surface area contributed by atoms with Crippen LogP contribution in [0.3, 0.4) is 0 Å². The molecule has 0 bridgehead atoms. The third-order valence-corrected chi connectivity index (χ3v) is 4.10. The van der Waals surface area contributed by atoms with Gasteiger partial charge in [-0.1, -0.05) is 17.7 Å². The normalized spacial score (nSPS) is 11.7. The third-order valence-electron chi connectivity index (χ3n) is 3.86. The zero-order chi connectivity index (χ0) is 19.4. The van der Waals surface area contributed by atoms with Crippen molar-refractivity contribution >= 4 is 34.8 Å². The van der Waals surface area contributed by atoms with Crippen molar-refractivity contribution in [3.05, 3.63) is 77.3 Å². The molecule has 0 unspecified atom stereocenters. The molecule has 2 amide bonds. The SMILES string of the molecule is C[C@H](C(=O)Nc1cccc(NC(=O)c2cc(Cl)ccc2F)c1)n1cccn1. The zero-order valence-corrected chi connectivity index (χ0v) is 15.1. The maximum atomic E-state index is 13.8. The van der Waals surface area contributed by atoms with Crippen molar-refractivity contribution in [2.45, 2.75) is 13.0 Å². The Balaban J connectivity index is 1.71. The van der Waals surface area contributed by atoms with E-state index in [1.54, 1.807) is 49.6 Å². The zero-order valence-electron chi connectivity index (χ0n) is 14.3. The van der Waals surface area contributed by atoms with Crippen LogP contribution < -0.4 is 10.6 Å². The van der Waals surface area contributed by atoms with Gasteiger partial charge in [-0.3, -0.25) is 14.3 Å². The predicted molar refractivity (Wildman–Crippen MR) is 101 cm³/mol. The van der Waals surface area contributed by atoms with E-state index >= 15 is 0 Å². The van der Waals surface area contributed by atoms with Gasteiger partial charge in [0.15, 0.2) is 0 Å². The fourth-order valence-electron chi connectivity index (χ4n) is 2.42. The van der Waals surface area contributed by atoms with E-state index in [1.807, 2.05) is 0 Å². The molecule has 0 aliphatic rings. The Kier molecular flexibility index (Phi) is 5.52. The summed E-state index contributed by atoms with van der Waals surface area (Å²) in [5.41, 5.74) is 0.733. The highest BCUT2D eigenvalue weighted by Crippen LogP contribution is 2.20. The summed E-state index contributed by atoms with van der Waals surface area (Å²) in [6.07, 6.45) is 3.29. The number of aromatic nitrogens is 2. The number of carbonyl (C=O) groups excluding carboxylic acids is 2. The summed E-state index contributed by atoms with van der Waals surface area (Å²) in [6, 6.07) is 11.5. The number of amides is 2. The summed E-state index contributed by atoms with van der Waals surface area (Å²) in [7, 11) is 0. The molecule has 1 atom stereocenters. The van der Waals surface area contributed by atoms with E-state index < -0.39 is 17.8 Å². The van der Waals surface area contributed by atoms with Gasteiger partial charge in [-0.05, 0) is 49.4 Å². The molecule has 27 heavy (non-hydrogen) atoms. The number of benzene rings is 2. The van der Waals surface area contributed by atoms with Crippen LogP contribution in [0.1, 0.15) is 23.3 Å². The number of nitrogens with one attached hydrogen (secondary N) is 2. The molecule has 0 aliphatic carbocycles. The Bertz CT molecular complexity index is 976. The molecule has 3 rings (SSSR count). The average Bonchev–Trinajstić information content (AvgIpc) is 3.18. The molecule has 2 N–H and O–H groups in total. The van der Waals surface area contributed by atoms with E-state index in [1.165, 1.54) is 16.8 Å². The number of halogens is 2. The first-order valence-electron chi connectivity index (χ1n) is 8.10. The largest absolute Gasteiger partial charge is 0.324 e. The van der Waals surface area contributed by atoms with E-state index in [0.717, 1.165) is 6.07 Å². The topological polar surface area (TPSA) is 76.0 Å². The van der Waals surface area contributed by atoms with Crippen LogP contribution in [0.15, 0.2) is 60.9 Å². The highest BCUT2D eigenvalue weighted by molar-refractivity contribution is 6.31. The van der Waals surface area contributed by atoms with Crippen LogP contribution >= 0.6 is 11.6 Å². The minimum Gasteiger partial charge on any atom is -0.324 e. The summed E-state index contributed by atoms with van der Waals surface area (Å²) >= 11 is 5.82. The van der Waals surface area contributed by atoms with Crippen molar-refractivity contribution in [1.29, 1.82) is 0 Å². The third kappa shape index (κ3) is 4.51. The lowest BCUT2D eigenvalue weighted by molar-refractivity contribution is -0.119. The molecule has 0 saturated heterocycles. The lowest BCUT2D eigenvalue weighted by atomic mass is 10.2. The molecule has 3 aromatic rings. The molecular formula is C19H16ClFN4O2. The molecule has 1 heterocycles. The van der Waals surface area contributed by atoms with E-state index in [0.29, 0.717) is 11.4 Å². The van der Waals surface area contributed by atoms with Crippen molar-refractivity contribution in [2.24, 2.45) is 0 Å². The number of hydrogen-bond acceptors (Lipinski definition) is 3. The standard InChI is InChI=1S/C19H16ClFN4O2/c1-12(25-9-3-8-22-25)18(26)23-14-4-2-5-15(11-14)24-19(27)16-10-13(20)6-7-17(16)21/h2-12H,1H3,(H,23,26)(H,24,27)/t12-/m1/s1. The van der Waals surface area contributed by atoms with E-state index in [4.69, 9.17) is 11.6 Å². The molecule has 0 aliphatic heterocycles. The van der Waals surface area contributed by atoms with Crippen LogP contribution in [0, 0.1) is 5.82 Å². The van der Waals surface area contributed by atoms with Gasteiger partial charge in [-0.25, -0.2) is 4.39 Å². The molecule has 0 saturated carbocycles. The lowest BCUT2D eigenvalue weighted by Gasteiger charge is -2.13. The molecule has 0 fully saturated rings. The summed E-state index contributed by atoms with van der Waals surface area (Å²) in [5, 5.41) is 9.64. The second-order valence-electron chi connectivity index (χ2n) is 5.81. The van der Waals surface area contributed by atoms with Gasteiger partial charge in [0.05, 0.1) is 5.56 Å². The molecule has 138 valence electrons. The van der Waals surface area contributed by atoms with Gasteiger partial charge >= 0.3 is 0 Å². The Morgan fingerprint density at radius 3 is 2.56 bits per heavy atom. The van der Waals surface area contributed by atoms with E-state index in [-0.39, 0.29) is 16.5 Å². The Morgan fingerprint density at radius 1 is 1.11 bits per heavy atom. The van der Waals surface area contributed by atoms with Crippen molar-refractivity contribution in [1.82, 2.24) is 9.78 Å². The van der Waals surface area contributed by atoms with Crippen molar-refractivity contribution < 1.29 is 14.0 Å². The smallest absolute Gasteiger partial charge is 0.258 e. The maximum Gasteiger partial charge on any atom is 0.258 e. The van der Waals surface area contributed by atoms with Crippen LogP contribution in [0.2, 0.25) is 5.02 Å². The number of nitrogens with zero attached hydrogens (tertiary/aromatic N) is 2. The molecule has 8 heteroatoms. The summed E-state index contributed by atoms with van der Waals surface area (Å²) in [5.74, 6) is -1.57. The highest BCUT2D eigenvalue weighted by atomic mass is 35.5. The Labute approximate surface area is 160 Å². The van der Waals surface area contributed by atoms with Gasteiger partial charge in [0.25, 0.3) is 5.91 Å². The first kappa shape index (κ1) is 18.6. The van der Waals surface area contributed by atoms with Crippen LogP contribution in [0.5, 0.6) is 0 Å². The minimum absolute atomic E-state index is 0.163. The van der Waals surface area contributed by atoms with Gasteiger partial charge in [-0.2, -0.15) is 5.10 Å². The predicted octanol–water partition coefficient (Wildman–Crippen LogP) is 4.13. The van der Waals surface area contributed by atoms with Crippen molar-refractivity contribution in [3.8, 4) is 0 Å². The van der Waals surface area contributed by atoms with Gasteiger partial charge in [-0.15, -0.1) is 0 Å². The number of rotatable bonds is 5. The molecule has 0 spiro atoms. The maximum absolute atomic E-state index is 13.8.